The lowest BCUT2D eigenvalue weighted by atomic mass is 9.78. The Kier molecular flexibility index (Phi) is 7.11. The molecule has 0 saturated heterocycles. The van der Waals surface area contributed by atoms with Crippen LogP contribution in [0.4, 0.5) is 4.39 Å². The third kappa shape index (κ3) is 6.16. The van der Waals surface area contributed by atoms with Gasteiger partial charge < -0.3 is 20.7 Å². The first-order chi connectivity index (χ1) is 13.9. The summed E-state index contributed by atoms with van der Waals surface area (Å²) < 4.78 is 18.6. The number of methoxy groups -OCH3 is 1. The number of carbonyl (C=O) groups excluding carboxylic acids is 2. The van der Waals surface area contributed by atoms with Crippen molar-refractivity contribution in [3.8, 4) is 5.75 Å². The number of hydrogen-bond acceptors (Lipinski definition) is 4. The SMILES string of the molecule is COc1cc(F)cc(C(=O)NC[C@H]2CC[C@H](NCC(=O)NC3(C)CCC3)CC2)c1. The van der Waals surface area contributed by atoms with Gasteiger partial charge in [-0.2, -0.15) is 0 Å². The quantitative estimate of drug-likeness (QED) is 0.621. The maximum absolute atomic E-state index is 13.6. The van der Waals surface area contributed by atoms with Crippen molar-refractivity contribution < 1.29 is 18.7 Å². The van der Waals surface area contributed by atoms with Crippen LogP contribution in [0.5, 0.6) is 5.75 Å². The van der Waals surface area contributed by atoms with E-state index in [1.165, 1.54) is 31.7 Å². The second-order valence-corrected chi connectivity index (χ2v) is 8.65. The van der Waals surface area contributed by atoms with E-state index >= 15 is 0 Å². The van der Waals surface area contributed by atoms with Crippen LogP contribution in [0, 0.1) is 11.7 Å². The van der Waals surface area contributed by atoms with Crippen LogP contribution < -0.4 is 20.7 Å². The maximum Gasteiger partial charge on any atom is 0.251 e. The van der Waals surface area contributed by atoms with Crippen LogP contribution in [0.3, 0.4) is 0 Å². The molecule has 29 heavy (non-hydrogen) atoms. The van der Waals surface area contributed by atoms with Gasteiger partial charge in [-0.1, -0.05) is 0 Å². The summed E-state index contributed by atoms with van der Waals surface area (Å²) in [6.07, 6.45) is 7.28. The van der Waals surface area contributed by atoms with Crippen LogP contribution in [-0.2, 0) is 4.79 Å². The predicted octanol–water partition coefficient (Wildman–Crippen LogP) is 2.77. The van der Waals surface area contributed by atoms with Crippen molar-refractivity contribution in [2.75, 3.05) is 20.2 Å². The number of nitrogens with one attached hydrogen (secondary N) is 3. The van der Waals surface area contributed by atoms with Crippen LogP contribution in [0.2, 0.25) is 0 Å². The van der Waals surface area contributed by atoms with Crippen molar-refractivity contribution in [3.05, 3.63) is 29.6 Å². The average Bonchev–Trinajstić information content (AvgIpc) is 2.69. The van der Waals surface area contributed by atoms with Crippen LogP contribution in [0.25, 0.3) is 0 Å². The van der Waals surface area contributed by atoms with Gasteiger partial charge >= 0.3 is 0 Å². The minimum absolute atomic E-state index is 0.000315. The van der Waals surface area contributed by atoms with E-state index in [0.29, 0.717) is 30.8 Å². The van der Waals surface area contributed by atoms with Crippen molar-refractivity contribution in [1.29, 1.82) is 0 Å². The second kappa shape index (κ2) is 9.57. The molecule has 2 saturated carbocycles. The van der Waals surface area contributed by atoms with E-state index in [1.807, 2.05) is 0 Å². The standard InChI is InChI=1S/C22H32FN3O3/c1-22(8-3-9-22)26-20(27)14-24-18-6-4-15(5-7-18)13-25-21(28)16-10-17(23)12-19(11-16)29-2/h10-12,15,18,24H,3-9,13-14H2,1-2H3,(H,25,28)(H,26,27)/t15-,18-. The Bertz CT molecular complexity index is 728. The highest BCUT2D eigenvalue weighted by atomic mass is 19.1. The molecular weight excluding hydrogens is 373 g/mol. The van der Waals surface area contributed by atoms with Gasteiger partial charge in [0.05, 0.1) is 13.7 Å². The Labute approximate surface area is 172 Å². The van der Waals surface area contributed by atoms with E-state index in [4.69, 9.17) is 4.74 Å². The number of halogens is 1. The number of ether oxygens (including phenoxy) is 1. The largest absolute Gasteiger partial charge is 0.497 e. The Morgan fingerprint density at radius 2 is 1.90 bits per heavy atom. The summed E-state index contributed by atoms with van der Waals surface area (Å²) in [5.74, 6) is 0.0278. The molecule has 0 radical (unpaired) electrons. The zero-order valence-corrected chi connectivity index (χ0v) is 17.4. The van der Waals surface area contributed by atoms with Crippen LogP contribution in [-0.4, -0.2) is 43.6 Å². The normalized spacial score (nSPS) is 23.0. The Balaban J connectivity index is 1.35. The molecule has 160 valence electrons. The summed E-state index contributed by atoms with van der Waals surface area (Å²) in [6, 6.07) is 4.34. The highest BCUT2D eigenvalue weighted by molar-refractivity contribution is 5.94. The first-order valence-electron chi connectivity index (χ1n) is 10.5. The van der Waals surface area contributed by atoms with E-state index in [1.54, 1.807) is 0 Å². The summed E-state index contributed by atoms with van der Waals surface area (Å²) in [6.45, 7) is 3.04. The summed E-state index contributed by atoms with van der Waals surface area (Å²) in [5, 5.41) is 9.39. The predicted molar refractivity (Wildman–Crippen MR) is 109 cm³/mol. The summed E-state index contributed by atoms with van der Waals surface area (Å²) in [4.78, 5) is 24.4. The zero-order valence-electron chi connectivity index (χ0n) is 17.4. The number of rotatable bonds is 8. The lowest BCUT2D eigenvalue weighted by Gasteiger charge is -2.39. The highest BCUT2D eigenvalue weighted by Crippen LogP contribution is 2.30. The summed E-state index contributed by atoms with van der Waals surface area (Å²) in [5.41, 5.74) is 0.267. The van der Waals surface area contributed by atoms with Crippen molar-refractivity contribution >= 4 is 11.8 Å². The molecule has 3 N–H and O–H groups in total. The lowest BCUT2D eigenvalue weighted by molar-refractivity contribution is -0.123. The molecule has 0 bridgehead atoms. The third-order valence-corrected chi connectivity index (χ3v) is 6.22. The topological polar surface area (TPSA) is 79.5 Å². The van der Waals surface area contributed by atoms with Gasteiger partial charge in [0, 0.05) is 29.8 Å². The highest BCUT2D eigenvalue weighted by Gasteiger charge is 2.33. The Hall–Kier alpha value is -2.15. The molecule has 0 aliphatic heterocycles. The first kappa shape index (κ1) is 21.6. The second-order valence-electron chi connectivity index (χ2n) is 8.65. The van der Waals surface area contributed by atoms with Crippen molar-refractivity contribution in [3.63, 3.8) is 0 Å². The maximum atomic E-state index is 13.6. The van der Waals surface area contributed by atoms with Gasteiger partial charge in [0.25, 0.3) is 5.91 Å². The molecule has 2 aliphatic rings. The van der Waals surface area contributed by atoms with Crippen molar-refractivity contribution in [1.82, 2.24) is 16.0 Å². The summed E-state index contributed by atoms with van der Waals surface area (Å²) >= 11 is 0. The Morgan fingerprint density at radius 3 is 2.52 bits per heavy atom. The van der Waals surface area contributed by atoms with E-state index in [2.05, 4.69) is 22.9 Å². The average molecular weight is 406 g/mol. The van der Waals surface area contributed by atoms with Gasteiger partial charge in [0.2, 0.25) is 5.91 Å². The van der Waals surface area contributed by atoms with Crippen LogP contribution >= 0.6 is 0 Å². The molecule has 2 fully saturated rings. The molecule has 0 unspecified atom stereocenters. The number of amides is 2. The summed E-state index contributed by atoms with van der Waals surface area (Å²) in [7, 11) is 1.44. The van der Waals surface area contributed by atoms with Crippen LogP contribution in [0.15, 0.2) is 18.2 Å². The minimum atomic E-state index is -0.489. The molecule has 0 heterocycles. The molecule has 1 aromatic rings. The molecule has 0 spiro atoms. The fourth-order valence-electron chi connectivity index (χ4n) is 4.17. The fourth-order valence-corrected chi connectivity index (χ4v) is 4.17. The number of hydrogen-bond donors (Lipinski definition) is 3. The van der Waals surface area contributed by atoms with Gasteiger partial charge in [-0.15, -0.1) is 0 Å². The Morgan fingerprint density at radius 1 is 1.17 bits per heavy atom. The molecule has 1 aromatic carbocycles. The molecule has 3 rings (SSSR count). The van der Waals surface area contributed by atoms with E-state index in [9.17, 15) is 14.0 Å². The zero-order chi connectivity index (χ0) is 20.9. The van der Waals surface area contributed by atoms with Crippen molar-refractivity contribution in [2.45, 2.75) is 63.5 Å². The molecule has 7 heteroatoms. The third-order valence-electron chi connectivity index (χ3n) is 6.22. The lowest BCUT2D eigenvalue weighted by Crippen LogP contribution is -2.53. The van der Waals surface area contributed by atoms with Crippen LogP contribution in [0.1, 0.15) is 62.2 Å². The number of benzene rings is 1. The fraction of sp³-hybridized carbons (Fsp3) is 0.636. The van der Waals surface area contributed by atoms with E-state index in [0.717, 1.165) is 38.5 Å². The monoisotopic (exact) mass is 405 g/mol. The molecule has 2 amide bonds. The van der Waals surface area contributed by atoms with Gasteiger partial charge in [-0.25, -0.2) is 4.39 Å². The number of carbonyl (C=O) groups is 2. The van der Waals surface area contributed by atoms with Gasteiger partial charge in [0.15, 0.2) is 0 Å². The van der Waals surface area contributed by atoms with E-state index in [-0.39, 0.29) is 22.9 Å². The van der Waals surface area contributed by atoms with Gasteiger partial charge in [-0.05, 0) is 69.9 Å². The minimum Gasteiger partial charge on any atom is -0.497 e. The molecule has 6 nitrogen and oxygen atoms in total. The first-order valence-corrected chi connectivity index (χ1v) is 10.5. The van der Waals surface area contributed by atoms with E-state index < -0.39 is 5.82 Å². The smallest absolute Gasteiger partial charge is 0.251 e. The molecule has 0 aromatic heterocycles. The van der Waals surface area contributed by atoms with Crippen molar-refractivity contribution in [2.24, 2.45) is 5.92 Å². The molecular formula is C22H32FN3O3. The van der Waals surface area contributed by atoms with Gasteiger partial charge in [0.1, 0.15) is 11.6 Å². The molecule has 2 aliphatic carbocycles. The molecule has 0 atom stereocenters. The van der Waals surface area contributed by atoms with Gasteiger partial charge in [-0.3, -0.25) is 9.59 Å².